The molecule has 0 aliphatic carbocycles. The normalized spacial score (nSPS) is 14.5. The zero-order valence-corrected chi connectivity index (χ0v) is 15.4. The van der Waals surface area contributed by atoms with E-state index in [4.69, 9.17) is 9.15 Å². The number of nitrogens with one attached hydrogen (secondary N) is 1. The Morgan fingerprint density at radius 1 is 1.32 bits per heavy atom. The molecule has 1 aliphatic rings. The predicted octanol–water partition coefficient (Wildman–Crippen LogP) is 2.82. The Labute approximate surface area is 161 Å². The third-order valence-corrected chi connectivity index (χ3v) is 4.54. The molecule has 0 unspecified atom stereocenters. The average molecular weight is 387 g/mol. The quantitative estimate of drug-likeness (QED) is 0.441. The van der Waals surface area contributed by atoms with Crippen molar-refractivity contribution in [3.63, 3.8) is 0 Å². The van der Waals surface area contributed by atoms with Gasteiger partial charge in [0.1, 0.15) is 11.4 Å². The summed E-state index contributed by atoms with van der Waals surface area (Å²) in [6.45, 7) is 2.74. The maximum Gasteiger partial charge on any atom is 0.338 e. The number of benzene rings is 1. The van der Waals surface area contributed by atoms with E-state index in [1.54, 1.807) is 25.1 Å². The summed E-state index contributed by atoms with van der Waals surface area (Å²) >= 11 is 0. The Hall–Kier alpha value is -3.36. The highest BCUT2D eigenvalue weighted by Crippen LogP contribution is 2.31. The molecule has 0 bridgehead atoms. The van der Waals surface area contributed by atoms with Gasteiger partial charge in [0.05, 0.1) is 22.8 Å². The van der Waals surface area contributed by atoms with Crippen molar-refractivity contribution in [2.45, 2.75) is 25.8 Å². The first kappa shape index (κ1) is 19.4. The number of carbonyl (C=O) groups excluding carboxylic acids is 2. The molecule has 1 N–H and O–H groups in total. The first-order chi connectivity index (χ1) is 13.5. The van der Waals surface area contributed by atoms with Gasteiger partial charge in [0.2, 0.25) is 0 Å². The molecule has 1 aliphatic heterocycles. The van der Waals surface area contributed by atoms with Crippen LogP contribution in [-0.4, -0.2) is 36.5 Å². The summed E-state index contributed by atoms with van der Waals surface area (Å²) < 4.78 is 10.2. The Morgan fingerprint density at radius 3 is 2.71 bits per heavy atom. The van der Waals surface area contributed by atoms with E-state index in [0.29, 0.717) is 11.4 Å². The van der Waals surface area contributed by atoms with Crippen molar-refractivity contribution in [3.8, 4) is 0 Å². The number of hydrogen-bond acceptors (Lipinski definition) is 7. The molecule has 0 radical (unpaired) electrons. The number of amides is 1. The number of rotatable bonds is 7. The highest BCUT2D eigenvalue weighted by atomic mass is 16.6. The molecule has 1 aromatic carbocycles. The summed E-state index contributed by atoms with van der Waals surface area (Å²) in [5, 5.41) is 14.0. The second-order valence-corrected chi connectivity index (χ2v) is 6.54. The fourth-order valence-electron chi connectivity index (χ4n) is 3.13. The van der Waals surface area contributed by atoms with Gasteiger partial charge < -0.3 is 19.4 Å². The minimum absolute atomic E-state index is 0.0292. The molecule has 148 valence electrons. The van der Waals surface area contributed by atoms with Gasteiger partial charge in [-0.2, -0.15) is 0 Å². The topological polar surface area (TPSA) is 115 Å². The number of hydrogen-bond donors (Lipinski definition) is 1. The number of furan rings is 1. The molecule has 28 heavy (non-hydrogen) atoms. The molecule has 9 nitrogen and oxygen atoms in total. The van der Waals surface area contributed by atoms with Gasteiger partial charge in [-0.25, -0.2) is 4.79 Å². The van der Waals surface area contributed by atoms with Gasteiger partial charge >= 0.3 is 5.97 Å². The van der Waals surface area contributed by atoms with Crippen LogP contribution < -0.4 is 10.2 Å². The van der Waals surface area contributed by atoms with Crippen LogP contribution in [0.5, 0.6) is 0 Å². The molecule has 1 amide bonds. The van der Waals surface area contributed by atoms with Gasteiger partial charge in [0.15, 0.2) is 6.61 Å². The summed E-state index contributed by atoms with van der Waals surface area (Å²) in [7, 11) is 0. The van der Waals surface area contributed by atoms with Crippen LogP contribution >= 0.6 is 0 Å². The first-order valence-electron chi connectivity index (χ1n) is 8.99. The van der Waals surface area contributed by atoms with Gasteiger partial charge in [-0.3, -0.25) is 14.9 Å². The third-order valence-electron chi connectivity index (χ3n) is 4.54. The van der Waals surface area contributed by atoms with E-state index in [1.165, 1.54) is 18.4 Å². The lowest BCUT2D eigenvalue weighted by Gasteiger charge is -2.17. The van der Waals surface area contributed by atoms with E-state index in [-0.39, 0.29) is 17.3 Å². The van der Waals surface area contributed by atoms with Crippen LogP contribution in [0.25, 0.3) is 0 Å². The molecular formula is C19H21N3O6. The average Bonchev–Trinajstić information content (AvgIpc) is 3.39. The van der Waals surface area contributed by atoms with E-state index >= 15 is 0 Å². The number of carbonyl (C=O) groups is 2. The standard InChI is InChI=1S/C19H21N3O6/c1-13(17-5-4-10-27-17)20-18(23)12-28-19(24)14-6-7-15(16(11-14)22(25)26)21-8-2-3-9-21/h4-7,10-11,13H,2-3,8-9,12H2,1H3,(H,20,23)/t13-/m1/s1. The number of anilines is 1. The molecular weight excluding hydrogens is 366 g/mol. The summed E-state index contributed by atoms with van der Waals surface area (Å²) in [4.78, 5) is 37.0. The highest BCUT2D eigenvalue weighted by molar-refractivity contribution is 5.93. The zero-order valence-electron chi connectivity index (χ0n) is 15.4. The summed E-state index contributed by atoms with van der Waals surface area (Å²) in [6, 6.07) is 7.28. The molecule has 0 spiro atoms. The maximum atomic E-state index is 12.2. The lowest BCUT2D eigenvalue weighted by atomic mass is 10.1. The highest BCUT2D eigenvalue weighted by Gasteiger charge is 2.24. The maximum absolute atomic E-state index is 12.2. The van der Waals surface area contributed by atoms with E-state index < -0.39 is 23.4 Å². The van der Waals surface area contributed by atoms with Crippen LogP contribution in [0.4, 0.5) is 11.4 Å². The van der Waals surface area contributed by atoms with Gasteiger partial charge in [-0.15, -0.1) is 0 Å². The van der Waals surface area contributed by atoms with Gasteiger partial charge in [-0.1, -0.05) is 0 Å². The summed E-state index contributed by atoms with van der Waals surface area (Å²) in [5.74, 6) is -0.717. The Morgan fingerprint density at radius 2 is 2.07 bits per heavy atom. The molecule has 9 heteroatoms. The van der Waals surface area contributed by atoms with Crippen LogP contribution in [0.1, 0.15) is 41.9 Å². The lowest BCUT2D eigenvalue weighted by Crippen LogP contribution is -2.31. The van der Waals surface area contributed by atoms with E-state index in [2.05, 4.69) is 5.32 Å². The monoisotopic (exact) mass is 387 g/mol. The Bertz CT molecular complexity index is 859. The second-order valence-electron chi connectivity index (χ2n) is 6.54. The molecule has 3 rings (SSSR count). The van der Waals surface area contributed by atoms with Crippen molar-refractivity contribution >= 4 is 23.3 Å². The Kier molecular flexibility index (Phi) is 5.93. The van der Waals surface area contributed by atoms with Crippen LogP contribution in [0.15, 0.2) is 41.0 Å². The van der Waals surface area contributed by atoms with E-state index in [0.717, 1.165) is 25.9 Å². The fraction of sp³-hybridized carbons (Fsp3) is 0.368. The molecule has 1 aromatic heterocycles. The Balaban J connectivity index is 1.61. The lowest BCUT2D eigenvalue weighted by molar-refractivity contribution is -0.384. The van der Waals surface area contributed by atoms with Crippen LogP contribution in [0.3, 0.4) is 0 Å². The number of nitro benzene ring substituents is 1. The first-order valence-corrected chi connectivity index (χ1v) is 8.99. The molecule has 1 saturated heterocycles. The van der Waals surface area contributed by atoms with Crippen LogP contribution in [0, 0.1) is 10.1 Å². The molecule has 1 atom stereocenters. The summed E-state index contributed by atoms with van der Waals surface area (Å²) in [5.41, 5.74) is 0.373. The zero-order chi connectivity index (χ0) is 20.1. The van der Waals surface area contributed by atoms with Gasteiger partial charge in [0.25, 0.3) is 11.6 Å². The smallest absolute Gasteiger partial charge is 0.338 e. The molecule has 2 heterocycles. The van der Waals surface area contributed by atoms with Crippen molar-refractivity contribution in [1.29, 1.82) is 0 Å². The predicted molar refractivity (Wildman–Crippen MR) is 100 cm³/mol. The number of nitrogens with zero attached hydrogens (tertiary/aromatic N) is 2. The fourth-order valence-corrected chi connectivity index (χ4v) is 3.13. The van der Waals surface area contributed by atoms with E-state index in [1.807, 2.05) is 4.90 Å². The molecule has 2 aromatic rings. The molecule has 0 saturated carbocycles. The SMILES string of the molecule is C[C@@H](NC(=O)COC(=O)c1ccc(N2CCCC2)c([N+](=O)[O-])c1)c1ccco1. The van der Waals surface area contributed by atoms with Crippen molar-refractivity contribution in [2.75, 3.05) is 24.6 Å². The number of esters is 1. The molecule has 1 fully saturated rings. The number of nitro groups is 1. The summed E-state index contributed by atoms with van der Waals surface area (Å²) in [6.07, 6.45) is 3.45. The van der Waals surface area contributed by atoms with Gasteiger partial charge in [-0.05, 0) is 44.0 Å². The second kappa shape index (κ2) is 8.55. The van der Waals surface area contributed by atoms with Gasteiger partial charge in [0, 0.05) is 19.2 Å². The van der Waals surface area contributed by atoms with Crippen molar-refractivity contribution in [1.82, 2.24) is 5.32 Å². The largest absolute Gasteiger partial charge is 0.467 e. The van der Waals surface area contributed by atoms with Crippen LogP contribution in [-0.2, 0) is 9.53 Å². The van der Waals surface area contributed by atoms with Crippen molar-refractivity contribution in [3.05, 3.63) is 58.0 Å². The minimum atomic E-state index is -0.795. The minimum Gasteiger partial charge on any atom is -0.467 e. The third kappa shape index (κ3) is 4.48. The number of ether oxygens (including phenoxy) is 1. The van der Waals surface area contributed by atoms with Crippen LogP contribution in [0.2, 0.25) is 0 Å². The van der Waals surface area contributed by atoms with Crippen molar-refractivity contribution in [2.24, 2.45) is 0 Å². The van der Waals surface area contributed by atoms with Crippen molar-refractivity contribution < 1.29 is 23.7 Å². The van der Waals surface area contributed by atoms with E-state index in [9.17, 15) is 19.7 Å².